The SMILES string of the molecule is CN=C(NCCN1CCN(c2cccc(C)c2C)CC1)N1CCC(N2CC=CC2)C1. The van der Waals surface area contributed by atoms with E-state index in [1.807, 2.05) is 7.05 Å². The molecule has 30 heavy (non-hydrogen) atoms. The van der Waals surface area contributed by atoms with Gasteiger partial charge in [-0.1, -0.05) is 24.3 Å². The molecule has 3 aliphatic heterocycles. The van der Waals surface area contributed by atoms with Crippen LogP contribution in [0.25, 0.3) is 0 Å². The molecule has 0 bridgehead atoms. The van der Waals surface area contributed by atoms with E-state index in [4.69, 9.17) is 0 Å². The van der Waals surface area contributed by atoms with Gasteiger partial charge in [0.25, 0.3) is 0 Å². The third-order valence-corrected chi connectivity index (χ3v) is 7.04. The Balaban J connectivity index is 1.19. The summed E-state index contributed by atoms with van der Waals surface area (Å²) in [6, 6.07) is 7.32. The molecule has 1 aromatic rings. The lowest BCUT2D eigenvalue weighted by molar-refractivity contribution is 0.255. The van der Waals surface area contributed by atoms with Crippen molar-refractivity contribution < 1.29 is 0 Å². The Morgan fingerprint density at radius 2 is 1.83 bits per heavy atom. The second-order valence-corrected chi connectivity index (χ2v) is 8.84. The van der Waals surface area contributed by atoms with E-state index >= 15 is 0 Å². The number of nitrogens with zero attached hydrogens (tertiary/aromatic N) is 5. The van der Waals surface area contributed by atoms with E-state index in [-0.39, 0.29) is 0 Å². The van der Waals surface area contributed by atoms with Crippen molar-refractivity contribution in [2.45, 2.75) is 26.3 Å². The van der Waals surface area contributed by atoms with Crippen LogP contribution >= 0.6 is 0 Å². The van der Waals surface area contributed by atoms with Crippen LogP contribution in [0.2, 0.25) is 0 Å². The van der Waals surface area contributed by atoms with Gasteiger partial charge in [0.2, 0.25) is 0 Å². The van der Waals surface area contributed by atoms with Crippen molar-refractivity contribution in [3.63, 3.8) is 0 Å². The Labute approximate surface area is 182 Å². The van der Waals surface area contributed by atoms with Gasteiger partial charge in [0.05, 0.1) is 0 Å². The molecule has 2 saturated heterocycles. The van der Waals surface area contributed by atoms with E-state index in [9.17, 15) is 0 Å². The van der Waals surface area contributed by atoms with Crippen molar-refractivity contribution in [2.75, 3.05) is 77.4 Å². The summed E-state index contributed by atoms with van der Waals surface area (Å²) in [6.07, 6.45) is 5.81. The highest BCUT2D eigenvalue weighted by Gasteiger charge is 2.29. The van der Waals surface area contributed by atoms with E-state index in [1.54, 1.807) is 0 Å². The highest BCUT2D eigenvalue weighted by atomic mass is 15.3. The number of hydrogen-bond acceptors (Lipinski definition) is 4. The molecule has 6 nitrogen and oxygen atoms in total. The quantitative estimate of drug-likeness (QED) is 0.456. The maximum absolute atomic E-state index is 4.55. The van der Waals surface area contributed by atoms with Gasteiger partial charge in [-0.05, 0) is 37.5 Å². The fourth-order valence-corrected chi connectivity index (χ4v) is 4.97. The minimum absolute atomic E-state index is 0.664. The van der Waals surface area contributed by atoms with Crippen molar-refractivity contribution in [3.8, 4) is 0 Å². The number of aliphatic imine (C=N–C) groups is 1. The molecule has 0 aliphatic carbocycles. The number of aryl methyl sites for hydroxylation is 1. The third kappa shape index (κ3) is 4.81. The summed E-state index contributed by atoms with van der Waals surface area (Å²) in [4.78, 5) is 14.7. The Morgan fingerprint density at radius 1 is 1.07 bits per heavy atom. The molecule has 1 aromatic carbocycles. The topological polar surface area (TPSA) is 37.4 Å². The van der Waals surface area contributed by atoms with Gasteiger partial charge in [-0.2, -0.15) is 0 Å². The van der Waals surface area contributed by atoms with Crippen molar-refractivity contribution in [1.29, 1.82) is 0 Å². The molecule has 1 unspecified atom stereocenters. The number of benzene rings is 1. The molecule has 0 aromatic heterocycles. The van der Waals surface area contributed by atoms with Crippen LogP contribution in [0.15, 0.2) is 35.3 Å². The summed E-state index contributed by atoms with van der Waals surface area (Å²) >= 11 is 0. The molecule has 1 N–H and O–H groups in total. The van der Waals surface area contributed by atoms with Crippen LogP contribution < -0.4 is 10.2 Å². The van der Waals surface area contributed by atoms with Crippen molar-refractivity contribution in [2.24, 2.45) is 4.99 Å². The van der Waals surface area contributed by atoms with E-state index in [2.05, 4.69) is 74.1 Å². The molecular formula is C24H38N6. The lowest BCUT2D eigenvalue weighted by Gasteiger charge is -2.37. The molecule has 0 saturated carbocycles. The summed E-state index contributed by atoms with van der Waals surface area (Å²) < 4.78 is 0. The zero-order valence-corrected chi connectivity index (χ0v) is 19.0. The first-order valence-corrected chi connectivity index (χ1v) is 11.5. The predicted octanol–water partition coefficient (Wildman–Crippen LogP) is 1.95. The molecule has 1 atom stereocenters. The average Bonchev–Trinajstić information content (AvgIpc) is 3.46. The van der Waals surface area contributed by atoms with Crippen LogP contribution in [0, 0.1) is 13.8 Å². The predicted molar refractivity (Wildman–Crippen MR) is 127 cm³/mol. The highest BCUT2D eigenvalue weighted by Crippen LogP contribution is 2.23. The van der Waals surface area contributed by atoms with Crippen LogP contribution in [0.5, 0.6) is 0 Å². The maximum Gasteiger partial charge on any atom is 0.193 e. The van der Waals surface area contributed by atoms with Crippen molar-refractivity contribution in [1.82, 2.24) is 20.0 Å². The standard InChI is InChI=1S/C24H38N6/c1-20-7-6-8-23(21(20)2)29-17-15-27(16-18-29)14-10-26-24(25-3)30-13-9-22(19-30)28-11-4-5-12-28/h4-8,22H,9-19H2,1-3H3,(H,25,26). The third-order valence-electron chi connectivity index (χ3n) is 7.04. The molecule has 3 aliphatic rings. The van der Waals surface area contributed by atoms with Crippen molar-refractivity contribution in [3.05, 3.63) is 41.5 Å². The van der Waals surface area contributed by atoms with Crippen molar-refractivity contribution >= 4 is 11.6 Å². The summed E-state index contributed by atoms with van der Waals surface area (Å²) in [5.41, 5.74) is 4.21. The van der Waals surface area contributed by atoms with Crippen LogP contribution in [-0.4, -0.2) is 99.2 Å². The number of piperazine rings is 1. The van der Waals surface area contributed by atoms with Crippen LogP contribution in [-0.2, 0) is 0 Å². The summed E-state index contributed by atoms with van der Waals surface area (Å²) in [5, 5.41) is 3.62. The number of anilines is 1. The first kappa shape index (κ1) is 21.2. The van der Waals surface area contributed by atoms with Gasteiger partial charge >= 0.3 is 0 Å². The number of likely N-dealkylation sites (tertiary alicyclic amines) is 1. The molecule has 6 heteroatoms. The first-order valence-electron chi connectivity index (χ1n) is 11.5. The van der Waals surface area contributed by atoms with Gasteiger partial charge in [0.15, 0.2) is 5.96 Å². The van der Waals surface area contributed by atoms with Crippen LogP contribution in [0.1, 0.15) is 17.5 Å². The second-order valence-electron chi connectivity index (χ2n) is 8.84. The fourth-order valence-electron chi connectivity index (χ4n) is 4.97. The zero-order valence-electron chi connectivity index (χ0n) is 19.0. The molecule has 4 rings (SSSR count). The maximum atomic E-state index is 4.55. The summed E-state index contributed by atoms with van der Waals surface area (Å²) in [6.45, 7) is 15.4. The molecule has 3 heterocycles. The lowest BCUT2D eigenvalue weighted by Crippen LogP contribution is -2.50. The monoisotopic (exact) mass is 410 g/mol. The molecular weight excluding hydrogens is 372 g/mol. The van der Waals surface area contributed by atoms with Gasteiger partial charge in [0, 0.05) is 84.2 Å². The minimum Gasteiger partial charge on any atom is -0.369 e. The number of hydrogen-bond donors (Lipinski definition) is 1. The minimum atomic E-state index is 0.664. The normalized spacial score (nSPS) is 23.6. The van der Waals surface area contributed by atoms with Gasteiger partial charge in [-0.3, -0.25) is 14.8 Å². The molecule has 0 radical (unpaired) electrons. The number of nitrogens with one attached hydrogen (secondary N) is 1. The van der Waals surface area contributed by atoms with Gasteiger partial charge in [-0.25, -0.2) is 0 Å². The van der Waals surface area contributed by atoms with Crippen LogP contribution in [0.4, 0.5) is 5.69 Å². The Morgan fingerprint density at radius 3 is 2.57 bits per heavy atom. The Bertz CT molecular complexity index is 757. The fraction of sp³-hybridized carbons (Fsp3) is 0.625. The second kappa shape index (κ2) is 9.84. The zero-order chi connectivity index (χ0) is 20.9. The number of rotatable bonds is 5. The lowest BCUT2D eigenvalue weighted by atomic mass is 10.1. The first-order chi connectivity index (χ1) is 14.7. The van der Waals surface area contributed by atoms with E-state index in [0.29, 0.717) is 6.04 Å². The smallest absolute Gasteiger partial charge is 0.193 e. The Hall–Kier alpha value is -2.05. The average molecular weight is 411 g/mol. The largest absolute Gasteiger partial charge is 0.369 e. The van der Waals surface area contributed by atoms with Gasteiger partial charge in [0.1, 0.15) is 0 Å². The molecule has 2 fully saturated rings. The van der Waals surface area contributed by atoms with E-state index in [1.165, 1.54) is 23.2 Å². The highest BCUT2D eigenvalue weighted by molar-refractivity contribution is 5.80. The number of guanidine groups is 1. The van der Waals surface area contributed by atoms with Gasteiger partial charge < -0.3 is 15.1 Å². The van der Waals surface area contributed by atoms with E-state index in [0.717, 1.165) is 71.4 Å². The van der Waals surface area contributed by atoms with Gasteiger partial charge in [-0.15, -0.1) is 0 Å². The summed E-state index contributed by atoms with van der Waals surface area (Å²) in [7, 11) is 1.91. The molecule has 0 spiro atoms. The summed E-state index contributed by atoms with van der Waals surface area (Å²) in [5.74, 6) is 1.07. The molecule has 164 valence electrons. The van der Waals surface area contributed by atoms with Crippen LogP contribution in [0.3, 0.4) is 0 Å². The molecule has 0 amide bonds. The van der Waals surface area contributed by atoms with E-state index < -0.39 is 0 Å². The Kier molecular flexibility index (Phi) is 6.95.